The minimum Gasteiger partial charge on any atom is -0.370 e. The van der Waals surface area contributed by atoms with Gasteiger partial charge in [0.25, 0.3) is 0 Å². The Morgan fingerprint density at radius 3 is 2.22 bits per heavy atom. The van der Waals surface area contributed by atoms with E-state index in [1.807, 2.05) is 36.4 Å². The van der Waals surface area contributed by atoms with Crippen LogP contribution >= 0.6 is 0 Å². The van der Waals surface area contributed by atoms with Gasteiger partial charge in [0, 0.05) is 0 Å². The largest absolute Gasteiger partial charge is 0.370 e. The topological polar surface area (TPSA) is 9.23 Å². The van der Waals surface area contributed by atoms with Crippen molar-refractivity contribution >= 4 is 6.08 Å². The molecule has 0 unspecified atom stereocenters. The van der Waals surface area contributed by atoms with Gasteiger partial charge in [0.1, 0.15) is 0 Å². The summed E-state index contributed by atoms with van der Waals surface area (Å²) in [6, 6.07) is 20.5. The van der Waals surface area contributed by atoms with Crippen LogP contribution in [0.4, 0.5) is 0 Å². The minimum atomic E-state index is 0.131. The third-order valence-corrected chi connectivity index (χ3v) is 2.82. The molecule has 0 aliphatic carbocycles. The van der Waals surface area contributed by atoms with Crippen LogP contribution in [-0.4, -0.2) is 6.61 Å². The highest BCUT2D eigenvalue weighted by atomic mass is 16.5. The van der Waals surface area contributed by atoms with Crippen LogP contribution in [0.5, 0.6) is 0 Å². The molecule has 0 amide bonds. The molecule has 18 heavy (non-hydrogen) atoms. The van der Waals surface area contributed by atoms with Crippen LogP contribution in [0.25, 0.3) is 6.08 Å². The van der Waals surface area contributed by atoms with Crippen molar-refractivity contribution in [2.24, 2.45) is 0 Å². The van der Waals surface area contributed by atoms with Gasteiger partial charge in [-0.25, -0.2) is 0 Å². The standard InChI is InChI=1S/C17H18O/c1-15(17-12-6-3-7-13-17)18-14-8-11-16-9-4-2-5-10-16/h2-13,15H,14H2,1H3/t15-/m0/s1. The molecule has 0 spiro atoms. The van der Waals surface area contributed by atoms with Crippen molar-refractivity contribution in [3.63, 3.8) is 0 Å². The Morgan fingerprint density at radius 2 is 1.56 bits per heavy atom. The molecular weight excluding hydrogens is 220 g/mol. The van der Waals surface area contributed by atoms with E-state index in [0.29, 0.717) is 6.61 Å². The SMILES string of the molecule is C[C@H](OCC=Cc1ccccc1)c1ccccc1. The maximum absolute atomic E-state index is 5.76. The zero-order valence-electron chi connectivity index (χ0n) is 10.6. The first kappa shape index (κ1) is 12.6. The molecule has 0 saturated carbocycles. The maximum atomic E-state index is 5.76. The van der Waals surface area contributed by atoms with Crippen LogP contribution in [0.1, 0.15) is 24.2 Å². The normalized spacial score (nSPS) is 12.7. The average molecular weight is 238 g/mol. The summed E-state index contributed by atoms with van der Waals surface area (Å²) in [6.45, 7) is 2.71. The molecule has 0 saturated heterocycles. The van der Waals surface area contributed by atoms with Crippen LogP contribution in [0.3, 0.4) is 0 Å². The molecule has 92 valence electrons. The number of benzene rings is 2. The fourth-order valence-electron chi connectivity index (χ4n) is 1.77. The van der Waals surface area contributed by atoms with E-state index in [9.17, 15) is 0 Å². The molecule has 1 atom stereocenters. The molecule has 0 fully saturated rings. The first-order valence-electron chi connectivity index (χ1n) is 6.24. The van der Waals surface area contributed by atoms with Gasteiger partial charge in [-0.15, -0.1) is 0 Å². The molecule has 0 heterocycles. The lowest BCUT2D eigenvalue weighted by Gasteiger charge is -2.11. The molecule has 1 nitrogen and oxygen atoms in total. The summed E-state index contributed by atoms with van der Waals surface area (Å²) in [4.78, 5) is 0. The first-order valence-corrected chi connectivity index (χ1v) is 6.24. The lowest BCUT2D eigenvalue weighted by molar-refractivity contribution is 0.0889. The first-order chi connectivity index (χ1) is 8.86. The Morgan fingerprint density at radius 1 is 0.944 bits per heavy atom. The van der Waals surface area contributed by atoms with E-state index in [0.717, 1.165) is 0 Å². The van der Waals surface area contributed by atoms with Gasteiger partial charge in [0.05, 0.1) is 12.7 Å². The maximum Gasteiger partial charge on any atom is 0.0801 e. The van der Waals surface area contributed by atoms with Crippen molar-refractivity contribution < 1.29 is 4.74 Å². The Bertz CT molecular complexity index is 473. The van der Waals surface area contributed by atoms with Gasteiger partial charge in [-0.05, 0) is 18.1 Å². The smallest absolute Gasteiger partial charge is 0.0801 e. The summed E-state index contributed by atoms with van der Waals surface area (Å²) in [6.07, 6.45) is 4.26. The molecule has 0 radical (unpaired) electrons. The Labute approximate surface area is 109 Å². The number of hydrogen-bond acceptors (Lipinski definition) is 1. The molecule has 0 bridgehead atoms. The lowest BCUT2D eigenvalue weighted by atomic mass is 10.1. The quantitative estimate of drug-likeness (QED) is 0.746. The number of ether oxygens (including phenoxy) is 1. The summed E-state index contributed by atoms with van der Waals surface area (Å²) in [7, 11) is 0. The Kier molecular flexibility index (Phi) is 4.74. The molecule has 1 heteroatoms. The van der Waals surface area contributed by atoms with Gasteiger partial charge in [-0.2, -0.15) is 0 Å². The van der Waals surface area contributed by atoms with E-state index < -0.39 is 0 Å². The average Bonchev–Trinajstić information content (AvgIpc) is 2.45. The summed E-state index contributed by atoms with van der Waals surface area (Å²) < 4.78 is 5.76. The molecule has 0 aliphatic heterocycles. The molecule has 2 rings (SSSR count). The van der Waals surface area contributed by atoms with Gasteiger partial charge in [0.15, 0.2) is 0 Å². The zero-order valence-corrected chi connectivity index (χ0v) is 10.6. The van der Waals surface area contributed by atoms with Crippen LogP contribution in [0.15, 0.2) is 66.7 Å². The van der Waals surface area contributed by atoms with Crippen LogP contribution in [-0.2, 0) is 4.74 Å². The van der Waals surface area contributed by atoms with Gasteiger partial charge in [-0.1, -0.05) is 72.8 Å². The van der Waals surface area contributed by atoms with Crippen LogP contribution in [0.2, 0.25) is 0 Å². The fraction of sp³-hybridized carbons (Fsp3) is 0.176. The molecule has 0 aromatic heterocycles. The van der Waals surface area contributed by atoms with E-state index in [-0.39, 0.29) is 6.10 Å². The van der Waals surface area contributed by atoms with Gasteiger partial charge in [0.2, 0.25) is 0 Å². The highest BCUT2D eigenvalue weighted by molar-refractivity contribution is 5.48. The third-order valence-electron chi connectivity index (χ3n) is 2.82. The molecule has 2 aromatic carbocycles. The van der Waals surface area contributed by atoms with Gasteiger partial charge in [-0.3, -0.25) is 0 Å². The van der Waals surface area contributed by atoms with Crippen molar-refractivity contribution in [3.05, 3.63) is 77.9 Å². The fourth-order valence-corrected chi connectivity index (χ4v) is 1.77. The van der Waals surface area contributed by atoms with E-state index in [2.05, 4.69) is 43.3 Å². The monoisotopic (exact) mass is 238 g/mol. The van der Waals surface area contributed by atoms with Gasteiger partial charge < -0.3 is 4.74 Å². The lowest BCUT2D eigenvalue weighted by Crippen LogP contribution is -1.99. The second-order valence-corrected chi connectivity index (χ2v) is 4.20. The van der Waals surface area contributed by atoms with E-state index in [4.69, 9.17) is 4.74 Å². The summed E-state index contributed by atoms with van der Waals surface area (Å²) in [5.41, 5.74) is 2.42. The molecular formula is C17H18O. The number of hydrogen-bond donors (Lipinski definition) is 0. The third kappa shape index (κ3) is 3.86. The summed E-state index contributed by atoms with van der Waals surface area (Å²) in [5, 5.41) is 0. The van der Waals surface area contributed by atoms with Crippen molar-refractivity contribution in [3.8, 4) is 0 Å². The van der Waals surface area contributed by atoms with E-state index >= 15 is 0 Å². The van der Waals surface area contributed by atoms with E-state index in [1.165, 1.54) is 11.1 Å². The number of rotatable bonds is 5. The Balaban J connectivity index is 1.81. The second-order valence-electron chi connectivity index (χ2n) is 4.20. The highest BCUT2D eigenvalue weighted by Gasteiger charge is 2.02. The van der Waals surface area contributed by atoms with Crippen molar-refractivity contribution in [1.82, 2.24) is 0 Å². The van der Waals surface area contributed by atoms with Gasteiger partial charge >= 0.3 is 0 Å². The van der Waals surface area contributed by atoms with Crippen molar-refractivity contribution in [2.75, 3.05) is 6.61 Å². The minimum absolute atomic E-state index is 0.131. The van der Waals surface area contributed by atoms with Crippen molar-refractivity contribution in [2.45, 2.75) is 13.0 Å². The molecule has 0 aliphatic rings. The molecule has 2 aromatic rings. The van der Waals surface area contributed by atoms with Crippen LogP contribution in [0, 0.1) is 0 Å². The highest BCUT2D eigenvalue weighted by Crippen LogP contribution is 2.15. The summed E-state index contributed by atoms with van der Waals surface area (Å²) >= 11 is 0. The Hall–Kier alpha value is -1.86. The van der Waals surface area contributed by atoms with Crippen LogP contribution < -0.4 is 0 Å². The predicted molar refractivity (Wildman–Crippen MR) is 76.3 cm³/mol. The second kappa shape index (κ2) is 6.77. The predicted octanol–water partition coefficient (Wildman–Crippen LogP) is 4.48. The van der Waals surface area contributed by atoms with E-state index in [1.54, 1.807) is 0 Å². The zero-order chi connectivity index (χ0) is 12.6. The summed E-state index contributed by atoms with van der Waals surface area (Å²) in [5.74, 6) is 0. The van der Waals surface area contributed by atoms with Crippen molar-refractivity contribution in [1.29, 1.82) is 0 Å². The molecule has 0 N–H and O–H groups in total.